The standard InChI is InChI=1S/C31H34O4/c1-5-21-20-25(31(2,3)4)26(22-14-12-13-15-22)28(35-30(33)24-18-10-7-11-19-24)27(21)34-29(32)23-16-8-6-9-17-23/h6-11,16-20,22H,5,12-15H2,1-4H3. The molecule has 3 aromatic carbocycles. The lowest BCUT2D eigenvalue weighted by atomic mass is 9.77. The highest BCUT2D eigenvalue weighted by atomic mass is 16.6. The monoisotopic (exact) mass is 470 g/mol. The number of carbonyl (C=O) groups is 2. The number of benzene rings is 3. The van der Waals surface area contributed by atoms with E-state index >= 15 is 0 Å². The summed E-state index contributed by atoms with van der Waals surface area (Å²) in [7, 11) is 0. The van der Waals surface area contributed by atoms with Crippen LogP contribution < -0.4 is 9.47 Å². The first-order chi connectivity index (χ1) is 16.8. The van der Waals surface area contributed by atoms with E-state index in [0.29, 0.717) is 29.0 Å². The van der Waals surface area contributed by atoms with Crippen LogP contribution in [0.5, 0.6) is 11.5 Å². The first-order valence-electron chi connectivity index (χ1n) is 12.5. The molecule has 0 amide bonds. The van der Waals surface area contributed by atoms with Gasteiger partial charge >= 0.3 is 11.9 Å². The summed E-state index contributed by atoms with van der Waals surface area (Å²) in [4.78, 5) is 26.4. The Morgan fingerprint density at radius 2 is 1.29 bits per heavy atom. The Morgan fingerprint density at radius 1 is 0.800 bits per heavy atom. The molecular weight excluding hydrogens is 436 g/mol. The van der Waals surface area contributed by atoms with Gasteiger partial charge < -0.3 is 9.47 Å². The summed E-state index contributed by atoms with van der Waals surface area (Å²) in [5.74, 6) is 0.107. The highest BCUT2D eigenvalue weighted by Crippen LogP contribution is 2.50. The molecule has 4 rings (SSSR count). The van der Waals surface area contributed by atoms with Gasteiger partial charge in [0.1, 0.15) is 0 Å². The molecule has 182 valence electrons. The van der Waals surface area contributed by atoms with Crippen molar-refractivity contribution in [3.05, 3.63) is 94.5 Å². The summed E-state index contributed by atoms with van der Waals surface area (Å²) >= 11 is 0. The Hall–Kier alpha value is -3.40. The van der Waals surface area contributed by atoms with Gasteiger partial charge in [0.25, 0.3) is 0 Å². The molecule has 0 atom stereocenters. The van der Waals surface area contributed by atoms with E-state index in [1.807, 2.05) is 31.2 Å². The van der Waals surface area contributed by atoms with Crippen LogP contribution in [-0.2, 0) is 11.8 Å². The van der Waals surface area contributed by atoms with Crippen molar-refractivity contribution in [2.75, 3.05) is 0 Å². The first-order valence-corrected chi connectivity index (χ1v) is 12.5. The zero-order valence-electron chi connectivity index (χ0n) is 21.1. The Bertz CT molecular complexity index is 1180. The van der Waals surface area contributed by atoms with Gasteiger partial charge in [-0.25, -0.2) is 9.59 Å². The van der Waals surface area contributed by atoms with Crippen molar-refractivity contribution in [2.45, 2.75) is 71.1 Å². The van der Waals surface area contributed by atoms with Crippen molar-refractivity contribution >= 4 is 11.9 Å². The summed E-state index contributed by atoms with van der Waals surface area (Å²) in [5, 5.41) is 0. The maximum atomic E-state index is 13.3. The molecule has 3 aromatic rings. The third-order valence-corrected chi connectivity index (χ3v) is 6.71. The van der Waals surface area contributed by atoms with Crippen molar-refractivity contribution in [3.63, 3.8) is 0 Å². The van der Waals surface area contributed by atoms with Crippen LogP contribution in [0, 0.1) is 0 Å². The van der Waals surface area contributed by atoms with Crippen LogP contribution in [0.2, 0.25) is 0 Å². The highest BCUT2D eigenvalue weighted by Gasteiger charge is 2.34. The number of aryl methyl sites for hydroxylation is 1. The summed E-state index contributed by atoms with van der Waals surface area (Å²) in [6, 6.07) is 20.0. The van der Waals surface area contributed by atoms with E-state index in [9.17, 15) is 9.59 Å². The fraction of sp³-hybridized carbons (Fsp3) is 0.355. The molecule has 1 aliphatic carbocycles. The second-order valence-electron chi connectivity index (χ2n) is 10.3. The van der Waals surface area contributed by atoms with Crippen molar-refractivity contribution in [1.29, 1.82) is 0 Å². The molecule has 1 fully saturated rings. The van der Waals surface area contributed by atoms with Gasteiger partial charge in [-0.05, 0) is 66.0 Å². The number of rotatable bonds is 6. The van der Waals surface area contributed by atoms with Gasteiger partial charge in [-0.1, -0.05) is 83.0 Å². The summed E-state index contributed by atoms with van der Waals surface area (Å²) in [6.07, 6.45) is 4.96. The van der Waals surface area contributed by atoms with Crippen molar-refractivity contribution in [2.24, 2.45) is 0 Å². The van der Waals surface area contributed by atoms with E-state index in [1.54, 1.807) is 36.4 Å². The van der Waals surface area contributed by atoms with Crippen LogP contribution in [0.25, 0.3) is 0 Å². The van der Waals surface area contributed by atoms with Gasteiger partial charge in [0.2, 0.25) is 0 Å². The van der Waals surface area contributed by atoms with E-state index in [2.05, 4.69) is 26.8 Å². The molecule has 0 aliphatic heterocycles. The number of hydrogen-bond acceptors (Lipinski definition) is 4. The topological polar surface area (TPSA) is 52.6 Å². The average Bonchev–Trinajstić information content (AvgIpc) is 3.39. The van der Waals surface area contributed by atoms with Crippen LogP contribution in [0.15, 0.2) is 66.7 Å². The fourth-order valence-electron chi connectivity index (χ4n) is 4.88. The SMILES string of the molecule is CCc1cc(C(C)(C)C)c(C2CCCC2)c(OC(=O)c2ccccc2)c1OC(=O)c1ccccc1. The van der Waals surface area contributed by atoms with E-state index in [0.717, 1.165) is 42.4 Å². The Labute approximate surface area is 208 Å². The van der Waals surface area contributed by atoms with Crippen LogP contribution in [0.4, 0.5) is 0 Å². The maximum absolute atomic E-state index is 13.3. The lowest BCUT2D eigenvalue weighted by Crippen LogP contribution is -2.21. The van der Waals surface area contributed by atoms with E-state index in [4.69, 9.17) is 9.47 Å². The minimum absolute atomic E-state index is 0.169. The predicted molar refractivity (Wildman–Crippen MR) is 139 cm³/mol. The number of esters is 2. The van der Waals surface area contributed by atoms with Crippen LogP contribution in [0.1, 0.15) is 96.7 Å². The van der Waals surface area contributed by atoms with Gasteiger partial charge in [-0.2, -0.15) is 0 Å². The second-order valence-corrected chi connectivity index (χ2v) is 10.3. The molecule has 0 unspecified atom stereocenters. The van der Waals surface area contributed by atoms with Gasteiger partial charge in [0.05, 0.1) is 11.1 Å². The molecule has 35 heavy (non-hydrogen) atoms. The molecule has 1 saturated carbocycles. The molecule has 0 bridgehead atoms. The third-order valence-electron chi connectivity index (χ3n) is 6.71. The van der Waals surface area contributed by atoms with Crippen molar-refractivity contribution < 1.29 is 19.1 Å². The molecule has 0 radical (unpaired) electrons. The smallest absolute Gasteiger partial charge is 0.343 e. The van der Waals surface area contributed by atoms with E-state index < -0.39 is 11.9 Å². The van der Waals surface area contributed by atoms with E-state index in [1.165, 1.54) is 0 Å². The molecule has 0 saturated heterocycles. The summed E-state index contributed by atoms with van der Waals surface area (Å²) < 4.78 is 12.2. The molecule has 0 spiro atoms. The number of carbonyl (C=O) groups excluding carboxylic acids is 2. The first kappa shape index (κ1) is 24.7. The Morgan fingerprint density at radius 3 is 1.74 bits per heavy atom. The van der Waals surface area contributed by atoms with Gasteiger partial charge in [-0.15, -0.1) is 0 Å². The van der Waals surface area contributed by atoms with E-state index in [-0.39, 0.29) is 11.3 Å². The summed E-state index contributed by atoms with van der Waals surface area (Å²) in [6.45, 7) is 8.57. The lowest BCUT2D eigenvalue weighted by molar-refractivity contribution is 0.0678. The van der Waals surface area contributed by atoms with Gasteiger partial charge in [0, 0.05) is 5.56 Å². The van der Waals surface area contributed by atoms with Crippen molar-refractivity contribution in [3.8, 4) is 11.5 Å². The number of ether oxygens (including phenoxy) is 2. The maximum Gasteiger partial charge on any atom is 0.343 e. The molecule has 4 nitrogen and oxygen atoms in total. The lowest BCUT2D eigenvalue weighted by Gasteiger charge is -2.30. The molecule has 4 heteroatoms. The Kier molecular flexibility index (Phi) is 7.39. The Balaban J connectivity index is 1.91. The molecule has 0 aromatic heterocycles. The number of hydrogen-bond donors (Lipinski definition) is 0. The molecular formula is C31H34O4. The molecule has 1 aliphatic rings. The van der Waals surface area contributed by atoms with Crippen LogP contribution >= 0.6 is 0 Å². The van der Waals surface area contributed by atoms with Crippen LogP contribution in [-0.4, -0.2) is 11.9 Å². The summed E-state index contributed by atoms with van der Waals surface area (Å²) in [5.41, 5.74) is 3.76. The largest absolute Gasteiger partial charge is 0.419 e. The second kappa shape index (κ2) is 10.5. The quantitative estimate of drug-likeness (QED) is 0.274. The molecule has 0 heterocycles. The zero-order valence-corrected chi connectivity index (χ0v) is 21.1. The fourth-order valence-corrected chi connectivity index (χ4v) is 4.88. The highest BCUT2D eigenvalue weighted by molar-refractivity contribution is 5.94. The minimum atomic E-state index is -0.460. The van der Waals surface area contributed by atoms with Crippen molar-refractivity contribution in [1.82, 2.24) is 0 Å². The van der Waals surface area contributed by atoms with Gasteiger partial charge in [-0.3, -0.25) is 0 Å². The average molecular weight is 471 g/mol. The minimum Gasteiger partial charge on any atom is -0.419 e. The third kappa shape index (κ3) is 5.48. The van der Waals surface area contributed by atoms with Gasteiger partial charge in [0.15, 0.2) is 11.5 Å². The zero-order chi connectivity index (χ0) is 25.0. The normalized spacial score (nSPS) is 14.1. The van der Waals surface area contributed by atoms with Crippen LogP contribution in [0.3, 0.4) is 0 Å². The molecule has 0 N–H and O–H groups in total. The predicted octanol–water partition coefficient (Wildman–Crippen LogP) is 7.64.